The van der Waals surface area contributed by atoms with Crippen molar-refractivity contribution in [2.75, 3.05) is 184 Å². The van der Waals surface area contributed by atoms with Crippen LogP contribution in [-0.4, -0.2) is 288 Å². The number of rotatable bonds is 20. The third-order valence-electron chi connectivity index (χ3n) is 25.6. The molecule has 15 heterocycles. The molecule has 144 heavy (non-hydrogen) atoms. The van der Waals surface area contributed by atoms with Gasteiger partial charge in [-0.3, -0.25) is 24.0 Å². The van der Waals surface area contributed by atoms with Gasteiger partial charge in [-0.25, -0.2) is 73.4 Å². The van der Waals surface area contributed by atoms with Gasteiger partial charge >= 0.3 is 24.1 Å². The van der Waals surface area contributed by atoms with Gasteiger partial charge in [0.15, 0.2) is 23.3 Å². The first-order valence-electron chi connectivity index (χ1n) is 49.0. The Labute approximate surface area is 834 Å². The van der Waals surface area contributed by atoms with E-state index in [0.717, 1.165) is 131 Å². The zero-order valence-electron chi connectivity index (χ0n) is 82.8. The van der Waals surface area contributed by atoms with Gasteiger partial charge in [-0.2, -0.15) is 5.10 Å². The van der Waals surface area contributed by atoms with Crippen molar-refractivity contribution in [1.82, 2.24) is 101 Å². The number of hydrogen-bond acceptors (Lipinski definition) is 29. The van der Waals surface area contributed by atoms with Crippen LogP contribution in [0, 0.1) is 5.82 Å². The zero-order chi connectivity index (χ0) is 101. The number of anilines is 9. The summed E-state index contributed by atoms with van der Waals surface area (Å²) in [5.74, 6) is 5.40. The van der Waals surface area contributed by atoms with Crippen LogP contribution in [0.5, 0.6) is 0 Å². The number of amides is 11. The van der Waals surface area contributed by atoms with Gasteiger partial charge in [0.2, 0.25) is 5.95 Å². The predicted octanol–water partition coefficient (Wildman–Crippen LogP) is 10.3. The number of carbonyl (C=O) groups is 7. The SMILES string of the molecule is CCNC(=O)Nc1ccc(-c2nc3c(c(N4CCOCC4)n2)CCN(c2ncccn2)C3)cc1F.CCNC(=O)Nc1ccc(-c2nc3c(c(N4CCOC[C@@H]4C)n2)CCN(C(=O)C(C)(C)O)C3)cc1.CCNC(=O)Nc1ccc(-c2nc3c(c(N4CCOC[C@@H]4C)n2)CCN(C(=O)c2cccnc2)C3)cc1.CCNC(=O)Nc1ccc(-c2nc3c(c(N4CCOC[C@@H]4C)n2)CCN(C(=O)c2ccnn2C)C3)cc1. The molecule has 7 aromatic heterocycles. The summed E-state index contributed by atoms with van der Waals surface area (Å²) in [7, 11) is 1.77. The number of nitrogens with one attached hydrogen (secondary N) is 8. The maximum absolute atomic E-state index is 14.9. The van der Waals surface area contributed by atoms with E-state index in [4.69, 9.17) is 58.8 Å². The van der Waals surface area contributed by atoms with Crippen molar-refractivity contribution in [3.63, 3.8) is 0 Å². The van der Waals surface area contributed by atoms with Crippen LogP contribution >= 0.6 is 0 Å². The number of halogens is 1. The van der Waals surface area contributed by atoms with Crippen LogP contribution in [0.15, 0.2) is 146 Å². The highest BCUT2D eigenvalue weighted by Crippen LogP contribution is 2.39. The minimum absolute atomic E-state index is 0.0546. The molecule has 0 saturated carbocycles. The molecule has 41 nitrogen and oxygen atoms in total. The van der Waals surface area contributed by atoms with Gasteiger partial charge in [-0.15, -0.1) is 0 Å². The first-order valence-corrected chi connectivity index (χ1v) is 49.0. The average molecular weight is 1970 g/mol. The maximum atomic E-state index is 14.9. The van der Waals surface area contributed by atoms with Gasteiger partial charge in [-0.05, 0) is 203 Å². The van der Waals surface area contributed by atoms with E-state index in [9.17, 15) is 43.1 Å². The molecule has 11 aromatic rings. The van der Waals surface area contributed by atoms with E-state index >= 15 is 0 Å². The summed E-state index contributed by atoms with van der Waals surface area (Å²) in [5.41, 5.74) is 12.5. The summed E-state index contributed by atoms with van der Waals surface area (Å²) in [6.07, 6.45) is 11.1. The number of aromatic nitrogens is 13. The monoisotopic (exact) mass is 1970 g/mol. The summed E-state index contributed by atoms with van der Waals surface area (Å²) < 4.78 is 39.0. The summed E-state index contributed by atoms with van der Waals surface area (Å²) >= 11 is 0. The lowest BCUT2D eigenvalue weighted by Gasteiger charge is -2.38. The molecule has 0 spiro atoms. The molecule has 0 unspecified atom stereocenters. The third-order valence-corrected chi connectivity index (χ3v) is 25.6. The Morgan fingerprint density at radius 1 is 0.417 bits per heavy atom. The second-order valence-electron chi connectivity index (χ2n) is 36.3. The third kappa shape index (κ3) is 24.8. The lowest BCUT2D eigenvalue weighted by molar-refractivity contribution is -0.148. The molecule has 4 saturated heterocycles. The lowest BCUT2D eigenvalue weighted by atomic mass is 10.0. The molecule has 756 valence electrons. The largest absolute Gasteiger partial charge is 0.381 e. The highest BCUT2D eigenvalue weighted by atomic mass is 19.1. The maximum Gasteiger partial charge on any atom is 0.319 e. The Morgan fingerprint density at radius 3 is 1.23 bits per heavy atom. The quantitative estimate of drug-likeness (QED) is 0.0342. The predicted molar refractivity (Wildman–Crippen MR) is 543 cm³/mol. The van der Waals surface area contributed by atoms with E-state index in [2.05, 4.69) is 108 Å². The van der Waals surface area contributed by atoms with Crippen LogP contribution in [0.4, 0.5) is 75.5 Å². The molecule has 4 fully saturated rings. The molecule has 0 bridgehead atoms. The standard InChI is InChI=1S/C27H31N7O3.C26H32N8O3.C25H34N6O4.C24H27FN8O2/c1-3-29-27(36)30-21-8-6-19(7-9-21)24-31-23-16-33(26(35)20-5-4-11-28-15-20)12-10-22(23)25(32-24)34-13-14-37-17-18(34)2;1-4-27-26(36)29-19-7-5-18(6-8-19)23-30-21-15-33(25(35)22-9-11-28-32(22)3)12-10-20(21)24(31-23)34-13-14-37-16-17(34)2;1-5-26-24(33)27-18-8-6-17(7-9-18)21-28-20-14-30(23(32)25(3,4)34)11-10-19(20)22(29-21)31-12-13-35-15-16(31)2;1-2-26-24(34)30-19-5-4-16(14-18(19)25)21-29-20-15-33(23-27-7-3-8-28-23)9-6-17(20)22(31-21)32-10-12-35-13-11-32/h4-9,11,15,18H,3,10,12-14,16-17H2,1-2H3,(H2,29,30,36);5-9,11,17H,4,10,12-16H2,1-3H3,(H2,27,29,36);6-9,16,34H,5,10-15H2,1-4H3,(H2,26,27,33);3-5,7-8,14H,2,6,9-13,15H2,1H3,(H2,26,30,34)/t18-;17-;16-;/m000./s1. The number of benzene rings is 4. The Hall–Kier alpha value is -15.1. The summed E-state index contributed by atoms with van der Waals surface area (Å²) in [6.45, 7) is 31.8. The highest BCUT2D eigenvalue weighted by Gasteiger charge is 2.39. The second-order valence-corrected chi connectivity index (χ2v) is 36.3. The smallest absolute Gasteiger partial charge is 0.319 e. The Bertz CT molecular complexity index is 6360. The van der Waals surface area contributed by atoms with Gasteiger partial charge < -0.3 is 106 Å². The average Bonchev–Trinajstić information content (AvgIpc) is 1.01. The molecule has 0 radical (unpaired) electrons. The highest BCUT2D eigenvalue weighted by molar-refractivity contribution is 5.95. The van der Waals surface area contributed by atoms with Crippen molar-refractivity contribution < 1.29 is 62.0 Å². The molecular weight excluding hydrogens is 1840 g/mol. The van der Waals surface area contributed by atoms with Crippen LogP contribution in [0.25, 0.3) is 45.6 Å². The molecule has 9 N–H and O–H groups in total. The lowest BCUT2D eigenvalue weighted by Crippen LogP contribution is -2.48. The zero-order valence-corrected chi connectivity index (χ0v) is 82.8. The molecule has 4 aromatic carbocycles. The molecule has 8 aliphatic heterocycles. The van der Waals surface area contributed by atoms with E-state index in [0.29, 0.717) is 207 Å². The van der Waals surface area contributed by atoms with Gasteiger partial charge in [0.1, 0.15) is 40.4 Å². The minimum atomic E-state index is -1.44. The fourth-order valence-corrected chi connectivity index (χ4v) is 18.2. The number of aliphatic hydroxyl groups is 1. The number of hydrogen-bond donors (Lipinski definition) is 9. The fraction of sp³-hybridized carbons (Fsp3) is 0.422. The van der Waals surface area contributed by atoms with Crippen molar-refractivity contribution in [2.24, 2.45) is 7.05 Å². The number of fused-ring (bicyclic) bond motifs is 4. The fourth-order valence-electron chi connectivity index (χ4n) is 18.2. The number of nitrogens with zero attached hydrogens (tertiary/aromatic N) is 21. The number of carbonyl (C=O) groups excluding carboxylic acids is 7. The molecular formula is C102H124FN29O12. The molecule has 11 amide bonds. The molecule has 19 rings (SSSR count). The van der Waals surface area contributed by atoms with Gasteiger partial charge in [-0.1, -0.05) is 0 Å². The Balaban J connectivity index is 0.000000138. The van der Waals surface area contributed by atoms with Gasteiger partial charge in [0.25, 0.3) is 17.7 Å². The van der Waals surface area contributed by atoms with Crippen LogP contribution in [0.1, 0.15) is 128 Å². The first-order chi connectivity index (χ1) is 69.8. The van der Waals surface area contributed by atoms with E-state index in [1.54, 1.807) is 84.9 Å². The topological polar surface area (TPSA) is 458 Å². The molecule has 42 heteroatoms. The van der Waals surface area contributed by atoms with E-state index in [1.807, 2.05) is 103 Å². The first kappa shape index (κ1) is 102. The minimum Gasteiger partial charge on any atom is -0.381 e. The number of aryl methyl sites for hydroxylation is 1. The molecule has 8 aliphatic rings. The molecule has 3 atom stereocenters. The van der Waals surface area contributed by atoms with E-state index in [1.165, 1.54) is 26.0 Å². The second kappa shape index (κ2) is 47.2. The van der Waals surface area contributed by atoms with E-state index < -0.39 is 17.4 Å². The van der Waals surface area contributed by atoms with Crippen LogP contribution < -0.4 is 67.0 Å². The van der Waals surface area contributed by atoms with Crippen molar-refractivity contribution in [3.8, 4) is 45.6 Å². The van der Waals surface area contributed by atoms with Crippen molar-refractivity contribution in [3.05, 3.63) is 208 Å². The Kier molecular flexibility index (Phi) is 33.3. The Morgan fingerprint density at radius 2 is 0.812 bits per heavy atom. The normalized spacial score (nSPS) is 17.0. The summed E-state index contributed by atoms with van der Waals surface area (Å²) in [5, 5.41) is 36.1. The number of pyridine rings is 1. The summed E-state index contributed by atoms with van der Waals surface area (Å²) in [6, 6.07) is 33.3. The number of urea groups is 4. The summed E-state index contributed by atoms with van der Waals surface area (Å²) in [4.78, 5) is 155. The molecule has 0 aliphatic carbocycles. The van der Waals surface area contributed by atoms with Crippen LogP contribution in [0.2, 0.25) is 0 Å². The van der Waals surface area contributed by atoms with Gasteiger partial charge in [0, 0.05) is 185 Å². The number of morpholine rings is 4. The van der Waals surface area contributed by atoms with Crippen LogP contribution in [-0.2, 0) is 82.7 Å². The van der Waals surface area contributed by atoms with Crippen molar-refractivity contribution in [2.45, 2.75) is 138 Å². The number of ether oxygens (including phenoxy) is 4. The van der Waals surface area contributed by atoms with E-state index in [-0.39, 0.29) is 59.6 Å². The van der Waals surface area contributed by atoms with Crippen LogP contribution in [0.3, 0.4) is 0 Å². The van der Waals surface area contributed by atoms with Gasteiger partial charge in [0.05, 0.1) is 131 Å². The van der Waals surface area contributed by atoms with Crippen molar-refractivity contribution in [1.29, 1.82) is 0 Å². The van der Waals surface area contributed by atoms with Crippen molar-refractivity contribution >= 4 is 93.8 Å².